The number of rotatable bonds is 7. The first-order chi connectivity index (χ1) is 8.99. The Kier molecular flexibility index (Phi) is 5.19. The smallest absolute Gasteiger partial charge is 0.326 e. The van der Waals surface area contributed by atoms with Crippen molar-refractivity contribution in [3.05, 3.63) is 5.82 Å². The van der Waals surface area contributed by atoms with E-state index in [1.165, 1.54) is 0 Å². The lowest BCUT2D eigenvalue weighted by Gasteiger charge is -2.13. The van der Waals surface area contributed by atoms with E-state index in [1.807, 2.05) is 0 Å². The maximum Gasteiger partial charge on any atom is 0.326 e. The number of aliphatic carboxylic acids is 1. The Balaban J connectivity index is 2.38. The van der Waals surface area contributed by atoms with E-state index in [9.17, 15) is 14.4 Å². The molecule has 1 aromatic rings. The van der Waals surface area contributed by atoms with Crippen LogP contribution in [0.2, 0.25) is 0 Å². The number of hydrogen-bond donors (Lipinski definition) is 5. The maximum atomic E-state index is 11.4. The highest BCUT2D eigenvalue weighted by Gasteiger charge is 2.20. The molecule has 0 saturated heterocycles. The van der Waals surface area contributed by atoms with E-state index in [2.05, 4.69) is 31.3 Å². The second kappa shape index (κ2) is 6.88. The van der Waals surface area contributed by atoms with Crippen LogP contribution in [0.3, 0.4) is 0 Å². The molecule has 19 heavy (non-hydrogen) atoms. The Hall–Kier alpha value is -2.72. The second-order valence-corrected chi connectivity index (χ2v) is 3.55. The molecule has 1 rings (SSSR count). The van der Waals surface area contributed by atoms with Gasteiger partial charge in [-0.15, -0.1) is 10.2 Å². The molecule has 0 aliphatic heterocycles. The summed E-state index contributed by atoms with van der Waals surface area (Å²) in [6.45, 7) is -0.00943. The molecule has 0 aliphatic carbocycles. The van der Waals surface area contributed by atoms with Crippen LogP contribution < -0.4 is 16.4 Å². The van der Waals surface area contributed by atoms with Gasteiger partial charge in [-0.05, 0) is 6.42 Å². The summed E-state index contributed by atoms with van der Waals surface area (Å²) >= 11 is 0. The number of hydrogen-bond acceptors (Lipinski definition) is 6. The fourth-order valence-electron chi connectivity index (χ4n) is 1.17. The molecular formula is C8H13N7O4. The van der Waals surface area contributed by atoms with Crippen molar-refractivity contribution in [2.24, 2.45) is 5.73 Å². The molecule has 0 unspecified atom stereocenters. The number of nitrogens with two attached hydrogens (primary N) is 1. The van der Waals surface area contributed by atoms with E-state index >= 15 is 0 Å². The summed E-state index contributed by atoms with van der Waals surface area (Å²) in [5.41, 5.74) is 4.91. The first-order valence-electron chi connectivity index (χ1n) is 5.27. The quantitative estimate of drug-likeness (QED) is 0.370. The summed E-state index contributed by atoms with van der Waals surface area (Å²) in [7, 11) is 0. The lowest BCUT2D eigenvalue weighted by atomic mass is 10.1. The normalized spacial score (nSPS) is 11.6. The topological polar surface area (TPSA) is 176 Å². The highest BCUT2D eigenvalue weighted by Crippen LogP contribution is 1.97. The van der Waals surface area contributed by atoms with Crippen molar-refractivity contribution in [1.82, 2.24) is 31.3 Å². The van der Waals surface area contributed by atoms with Gasteiger partial charge in [-0.2, -0.15) is 5.21 Å². The summed E-state index contributed by atoms with van der Waals surface area (Å²) < 4.78 is 0. The molecule has 0 spiro atoms. The molecule has 11 heteroatoms. The van der Waals surface area contributed by atoms with E-state index in [1.54, 1.807) is 0 Å². The number of carboxylic acids is 1. The molecule has 0 fully saturated rings. The molecule has 6 N–H and O–H groups in total. The van der Waals surface area contributed by atoms with Gasteiger partial charge in [-0.3, -0.25) is 4.79 Å². The van der Waals surface area contributed by atoms with Gasteiger partial charge in [0.1, 0.15) is 6.04 Å². The summed E-state index contributed by atoms with van der Waals surface area (Å²) in [6, 6.07) is -1.92. The van der Waals surface area contributed by atoms with E-state index in [-0.39, 0.29) is 25.2 Å². The van der Waals surface area contributed by atoms with Crippen molar-refractivity contribution in [1.29, 1.82) is 0 Å². The zero-order chi connectivity index (χ0) is 14.3. The van der Waals surface area contributed by atoms with Crippen LogP contribution in [0, 0.1) is 0 Å². The van der Waals surface area contributed by atoms with Gasteiger partial charge in [0.25, 0.3) is 0 Å². The summed E-state index contributed by atoms with van der Waals surface area (Å²) in [4.78, 5) is 32.8. The third-order valence-corrected chi connectivity index (χ3v) is 2.08. The van der Waals surface area contributed by atoms with Gasteiger partial charge in [0.15, 0.2) is 5.82 Å². The number of carboxylic acid groups (broad SMARTS) is 1. The van der Waals surface area contributed by atoms with Gasteiger partial charge in [0.05, 0.1) is 6.54 Å². The molecule has 0 bridgehead atoms. The molecule has 1 heterocycles. The standard InChI is InChI=1S/C8H13N7O4/c9-5(16)2-1-4(7(17)18)11-8(19)10-3-6-12-14-15-13-6/h4H,1-3H2,(H2,9,16)(H,17,18)(H2,10,11,19)(H,12,13,14,15)/t4-/m1/s1. The fraction of sp³-hybridized carbons (Fsp3) is 0.500. The van der Waals surface area contributed by atoms with Gasteiger partial charge >= 0.3 is 12.0 Å². The number of nitrogens with zero attached hydrogens (tertiary/aromatic N) is 3. The fourth-order valence-corrected chi connectivity index (χ4v) is 1.17. The van der Waals surface area contributed by atoms with Crippen LogP contribution in [0.1, 0.15) is 18.7 Å². The minimum Gasteiger partial charge on any atom is -0.480 e. The Morgan fingerprint density at radius 3 is 2.68 bits per heavy atom. The Bertz CT molecular complexity index is 446. The zero-order valence-electron chi connectivity index (χ0n) is 9.79. The molecule has 104 valence electrons. The lowest BCUT2D eigenvalue weighted by Crippen LogP contribution is -2.46. The highest BCUT2D eigenvalue weighted by atomic mass is 16.4. The summed E-state index contributed by atoms with van der Waals surface area (Å²) in [5.74, 6) is -1.64. The third-order valence-electron chi connectivity index (χ3n) is 2.08. The number of nitrogens with one attached hydrogen (secondary N) is 3. The van der Waals surface area contributed by atoms with Crippen molar-refractivity contribution in [2.45, 2.75) is 25.4 Å². The molecule has 3 amide bonds. The minimum absolute atomic E-state index is 0.00943. The van der Waals surface area contributed by atoms with Crippen LogP contribution in [0.5, 0.6) is 0 Å². The molecule has 0 aliphatic rings. The second-order valence-electron chi connectivity index (χ2n) is 3.55. The monoisotopic (exact) mass is 271 g/mol. The predicted octanol–water partition coefficient (Wildman–Crippen LogP) is -2.28. The first-order valence-corrected chi connectivity index (χ1v) is 5.27. The number of urea groups is 1. The van der Waals surface area contributed by atoms with Crippen LogP contribution in [0.25, 0.3) is 0 Å². The van der Waals surface area contributed by atoms with Gasteiger partial charge in [0, 0.05) is 6.42 Å². The maximum absolute atomic E-state index is 11.4. The van der Waals surface area contributed by atoms with Crippen molar-refractivity contribution < 1.29 is 19.5 Å². The van der Waals surface area contributed by atoms with Crippen molar-refractivity contribution in [2.75, 3.05) is 0 Å². The number of carbonyl (C=O) groups is 3. The first kappa shape index (κ1) is 14.3. The van der Waals surface area contributed by atoms with Crippen LogP contribution >= 0.6 is 0 Å². The highest BCUT2D eigenvalue weighted by molar-refractivity contribution is 5.83. The van der Waals surface area contributed by atoms with Gasteiger partial charge in [-0.1, -0.05) is 5.21 Å². The Morgan fingerprint density at radius 1 is 1.42 bits per heavy atom. The summed E-state index contributed by atoms with van der Waals surface area (Å²) in [5, 5.41) is 26.1. The predicted molar refractivity (Wildman–Crippen MR) is 59.4 cm³/mol. The number of H-pyrrole nitrogens is 1. The van der Waals surface area contributed by atoms with Gasteiger partial charge in [-0.25, -0.2) is 9.59 Å². The number of aromatic nitrogens is 4. The minimum atomic E-state index is -1.25. The van der Waals surface area contributed by atoms with Crippen LogP contribution in [0.15, 0.2) is 0 Å². The average molecular weight is 271 g/mol. The molecule has 0 radical (unpaired) electrons. The Morgan fingerprint density at radius 2 is 2.16 bits per heavy atom. The van der Waals surface area contributed by atoms with E-state index in [0.717, 1.165) is 0 Å². The molecule has 11 nitrogen and oxygen atoms in total. The third kappa shape index (κ3) is 5.43. The van der Waals surface area contributed by atoms with Gasteiger partial charge in [0.2, 0.25) is 5.91 Å². The number of aromatic amines is 1. The largest absolute Gasteiger partial charge is 0.480 e. The number of amides is 3. The van der Waals surface area contributed by atoms with Crippen LogP contribution in [-0.2, 0) is 16.1 Å². The SMILES string of the molecule is NC(=O)CC[C@@H](NC(=O)NCc1nn[nH]n1)C(=O)O. The molecule has 0 aromatic carbocycles. The Labute approximate surface area is 106 Å². The molecule has 1 aromatic heterocycles. The van der Waals surface area contributed by atoms with Crippen LogP contribution in [-0.4, -0.2) is 49.7 Å². The lowest BCUT2D eigenvalue weighted by molar-refractivity contribution is -0.139. The molecule has 0 saturated carbocycles. The molecular weight excluding hydrogens is 258 g/mol. The van der Waals surface area contributed by atoms with Gasteiger partial charge < -0.3 is 21.5 Å². The summed E-state index contributed by atoms with van der Waals surface area (Å²) in [6.07, 6.45) is -0.220. The van der Waals surface area contributed by atoms with E-state index in [4.69, 9.17) is 10.8 Å². The van der Waals surface area contributed by atoms with Crippen molar-refractivity contribution >= 4 is 17.9 Å². The number of carbonyl (C=O) groups excluding carboxylic acids is 2. The van der Waals surface area contributed by atoms with E-state index < -0.39 is 23.9 Å². The van der Waals surface area contributed by atoms with E-state index in [0.29, 0.717) is 0 Å². The van der Waals surface area contributed by atoms with Crippen LogP contribution in [0.4, 0.5) is 4.79 Å². The molecule has 1 atom stereocenters. The van der Waals surface area contributed by atoms with Crippen molar-refractivity contribution in [3.63, 3.8) is 0 Å². The number of tetrazole rings is 1. The number of primary amides is 1. The average Bonchev–Trinajstić information content (AvgIpc) is 2.84. The zero-order valence-corrected chi connectivity index (χ0v) is 9.79. The van der Waals surface area contributed by atoms with Crippen molar-refractivity contribution in [3.8, 4) is 0 Å².